The summed E-state index contributed by atoms with van der Waals surface area (Å²) in [6, 6.07) is 14.9. The lowest BCUT2D eigenvalue weighted by molar-refractivity contribution is 0.100. The highest BCUT2D eigenvalue weighted by atomic mass is 16.1. The second-order valence-corrected chi connectivity index (χ2v) is 4.62. The molecule has 0 aliphatic rings. The summed E-state index contributed by atoms with van der Waals surface area (Å²) in [6.45, 7) is 3.10. The normalized spacial score (nSPS) is 10.7. The molecule has 100 valence electrons. The first-order chi connectivity index (χ1) is 9.59. The van der Waals surface area contributed by atoms with Crippen molar-refractivity contribution in [3.63, 3.8) is 0 Å². The van der Waals surface area contributed by atoms with Crippen molar-refractivity contribution >= 4 is 23.7 Å². The van der Waals surface area contributed by atoms with E-state index in [0.717, 1.165) is 11.1 Å². The van der Waals surface area contributed by atoms with Gasteiger partial charge in [-0.1, -0.05) is 60.7 Å². The number of hydrogen-bond acceptors (Lipinski definition) is 2. The monoisotopic (exact) mass is 264 g/mol. The zero-order valence-electron chi connectivity index (χ0n) is 11.6. The largest absolute Gasteiger partial charge is 0.294 e. The van der Waals surface area contributed by atoms with E-state index in [-0.39, 0.29) is 11.6 Å². The van der Waals surface area contributed by atoms with Gasteiger partial charge in [0.15, 0.2) is 11.6 Å². The molecule has 2 aromatic rings. The summed E-state index contributed by atoms with van der Waals surface area (Å²) in [4.78, 5) is 23.1. The maximum absolute atomic E-state index is 11.6. The van der Waals surface area contributed by atoms with Gasteiger partial charge in [-0.05, 0) is 25.0 Å². The molecule has 20 heavy (non-hydrogen) atoms. The maximum Gasteiger partial charge on any atom is 0.160 e. The third-order valence-electron chi connectivity index (χ3n) is 3.12. The van der Waals surface area contributed by atoms with E-state index in [1.807, 2.05) is 48.6 Å². The van der Waals surface area contributed by atoms with Crippen molar-refractivity contribution in [2.75, 3.05) is 0 Å². The number of ketones is 2. The third-order valence-corrected chi connectivity index (χ3v) is 3.12. The Morgan fingerprint density at radius 2 is 1.05 bits per heavy atom. The summed E-state index contributed by atoms with van der Waals surface area (Å²) in [6.07, 6.45) is 3.75. The lowest BCUT2D eigenvalue weighted by Crippen LogP contribution is -1.96. The quantitative estimate of drug-likeness (QED) is 0.610. The predicted octanol–water partition coefficient (Wildman–Crippen LogP) is 4.26. The first-order valence-corrected chi connectivity index (χ1v) is 6.47. The first kappa shape index (κ1) is 13.9. The molecule has 0 amide bonds. The molecule has 2 heteroatoms. The van der Waals surface area contributed by atoms with Crippen molar-refractivity contribution in [3.8, 4) is 0 Å². The minimum Gasteiger partial charge on any atom is -0.294 e. The van der Waals surface area contributed by atoms with Gasteiger partial charge in [0.05, 0.1) is 0 Å². The highest BCUT2D eigenvalue weighted by Gasteiger charge is 2.05. The van der Waals surface area contributed by atoms with Crippen LogP contribution in [0.2, 0.25) is 0 Å². The Morgan fingerprint density at radius 1 is 0.700 bits per heavy atom. The van der Waals surface area contributed by atoms with Crippen LogP contribution < -0.4 is 0 Å². The van der Waals surface area contributed by atoms with Gasteiger partial charge in [-0.25, -0.2) is 0 Å². The highest BCUT2D eigenvalue weighted by Crippen LogP contribution is 2.16. The topological polar surface area (TPSA) is 34.1 Å². The Labute approximate surface area is 118 Å². The minimum absolute atomic E-state index is 0.0325. The summed E-state index contributed by atoms with van der Waals surface area (Å²) in [5.74, 6) is 0.0650. The molecule has 2 nitrogen and oxygen atoms in total. The van der Waals surface area contributed by atoms with Gasteiger partial charge in [0.2, 0.25) is 0 Å². The molecule has 0 saturated heterocycles. The van der Waals surface area contributed by atoms with Crippen LogP contribution in [-0.4, -0.2) is 11.6 Å². The molecule has 0 radical (unpaired) electrons. The average molecular weight is 264 g/mol. The van der Waals surface area contributed by atoms with Crippen molar-refractivity contribution in [1.29, 1.82) is 0 Å². The molecule has 0 bridgehead atoms. The number of hydrogen-bond donors (Lipinski definition) is 0. The number of carbonyl (C=O) groups is 2. The van der Waals surface area contributed by atoms with Crippen LogP contribution >= 0.6 is 0 Å². The van der Waals surface area contributed by atoms with Gasteiger partial charge in [-0.3, -0.25) is 9.59 Å². The smallest absolute Gasteiger partial charge is 0.160 e. The Bertz CT molecular complexity index is 622. The van der Waals surface area contributed by atoms with Crippen LogP contribution in [0.5, 0.6) is 0 Å². The maximum atomic E-state index is 11.6. The Kier molecular flexibility index (Phi) is 4.26. The fraction of sp³-hybridized carbons (Fsp3) is 0.111. The summed E-state index contributed by atoms with van der Waals surface area (Å²) in [5, 5.41) is 0. The molecule has 0 aliphatic carbocycles. The van der Waals surface area contributed by atoms with E-state index in [1.165, 1.54) is 0 Å². The predicted molar refractivity (Wildman–Crippen MR) is 81.8 cm³/mol. The summed E-state index contributed by atoms with van der Waals surface area (Å²) in [7, 11) is 0. The highest BCUT2D eigenvalue weighted by molar-refractivity contribution is 6.00. The number of carbonyl (C=O) groups excluding carboxylic acids is 2. The van der Waals surface area contributed by atoms with Gasteiger partial charge in [-0.2, -0.15) is 0 Å². The van der Waals surface area contributed by atoms with E-state index in [4.69, 9.17) is 0 Å². The number of rotatable bonds is 4. The van der Waals surface area contributed by atoms with E-state index in [0.29, 0.717) is 11.1 Å². The van der Waals surface area contributed by atoms with E-state index < -0.39 is 0 Å². The number of benzene rings is 2. The second-order valence-electron chi connectivity index (χ2n) is 4.62. The third kappa shape index (κ3) is 3.09. The van der Waals surface area contributed by atoms with Crippen LogP contribution in [0.25, 0.3) is 12.2 Å². The van der Waals surface area contributed by atoms with E-state index in [2.05, 4.69) is 0 Å². The molecule has 0 saturated carbocycles. The zero-order chi connectivity index (χ0) is 14.5. The standard InChI is InChI=1S/C18H16O2/c1-13(19)17-9-5-3-7-15(17)11-12-16-8-4-6-10-18(16)14(2)20/h3-12H,1-2H3/b12-11+. The van der Waals surface area contributed by atoms with Crippen molar-refractivity contribution in [3.05, 3.63) is 70.8 Å². The lowest BCUT2D eigenvalue weighted by atomic mass is 10.0. The summed E-state index contributed by atoms with van der Waals surface area (Å²) < 4.78 is 0. The molecule has 0 unspecified atom stereocenters. The SMILES string of the molecule is CC(=O)c1ccccc1/C=C/c1ccccc1C(C)=O. The Hall–Kier alpha value is -2.48. The second kappa shape index (κ2) is 6.11. The summed E-state index contributed by atoms with van der Waals surface area (Å²) >= 11 is 0. The molecule has 0 aromatic heterocycles. The van der Waals surface area contributed by atoms with E-state index in [9.17, 15) is 9.59 Å². The fourth-order valence-corrected chi connectivity index (χ4v) is 2.11. The van der Waals surface area contributed by atoms with Crippen LogP contribution in [0.3, 0.4) is 0 Å². The van der Waals surface area contributed by atoms with Crippen molar-refractivity contribution < 1.29 is 9.59 Å². The molecule has 0 aliphatic heterocycles. The van der Waals surface area contributed by atoms with Gasteiger partial charge < -0.3 is 0 Å². The van der Waals surface area contributed by atoms with Crippen molar-refractivity contribution in [1.82, 2.24) is 0 Å². The van der Waals surface area contributed by atoms with Crippen LogP contribution in [0, 0.1) is 0 Å². The fourth-order valence-electron chi connectivity index (χ4n) is 2.11. The molecule has 0 N–H and O–H groups in total. The van der Waals surface area contributed by atoms with Gasteiger partial charge in [0.25, 0.3) is 0 Å². The van der Waals surface area contributed by atoms with Crippen molar-refractivity contribution in [2.24, 2.45) is 0 Å². The van der Waals surface area contributed by atoms with Gasteiger partial charge in [0, 0.05) is 11.1 Å². The van der Waals surface area contributed by atoms with Gasteiger partial charge in [0.1, 0.15) is 0 Å². The molecule has 2 rings (SSSR count). The van der Waals surface area contributed by atoms with Crippen LogP contribution in [0.1, 0.15) is 45.7 Å². The average Bonchev–Trinajstić information content (AvgIpc) is 2.45. The molecule has 0 spiro atoms. The minimum atomic E-state index is 0.0325. The van der Waals surface area contributed by atoms with E-state index in [1.54, 1.807) is 26.0 Å². The summed E-state index contributed by atoms with van der Waals surface area (Å²) in [5.41, 5.74) is 3.09. The van der Waals surface area contributed by atoms with Gasteiger partial charge >= 0.3 is 0 Å². The van der Waals surface area contributed by atoms with Crippen LogP contribution in [-0.2, 0) is 0 Å². The molecule has 2 aromatic carbocycles. The number of Topliss-reactive ketones (excluding diaryl/α,β-unsaturated/α-hetero) is 2. The van der Waals surface area contributed by atoms with Crippen molar-refractivity contribution in [2.45, 2.75) is 13.8 Å². The van der Waals surface area contributed by atoms with E-state index >= 15 is 0 Å². The van der Waals surface area contributed by atoms with Gasteiger partial charge in [-0.15, -0.1) is 0 Å². The molecular formula is C18H16O2. The Morgan fingerprint density at radius 3 is 1.40 bits per heavy atom. The lowest BCUT2D eigenvalue weighted by Gasteiger charge is -2.03. The molecule has 0 heterocycles. The van der Waals surface area contributed by atoms with Crippen LogP contribution in [0.15, 0.2) is 48.5 Å². The molecule has 0 atom stereocenters. The van der Waals surface area contributed by atoms with Crippen LogP contribution in [0.4, 0.5) is 0 Å². The molecular weight excluding hydrogens is 248 g/mol. The zero-order valence-corrected chi connectivity index (χ0v) is 11.6. The Balaban J connectivity index is 2.40. The first-order valence-electron chi connectivity index (χ1n) is 6.47. The molecule has 0 fully saturated rings.